The number of hydrogen-bond donors (Lipinski definition) is 1. The summed E-state index contributed by atoms with van der Waals surface area (Å²) in [6.45, 7) is 3.99. The summed E-state index contributed by atoms with van der Waals surface area (Å²) in [6, 6.07) is 5.82. The molecule has 0 bridgehead atoms. The largest absolute Gasteiger partial charge is 0.419 e. The Morgan fingerprint density at radius 2 is 2.00 bits per heavy atom. The lowest BCUT2D eigenvalue weighted by Gasteiger charge is -2.36. The molecule has 0 saturated carbocycles. The smallest absolute Gasteiger partial charge is 0.408 e. The highest BCUT2D eigenvalue weighted by molar-refractivity contribution is 5.74. The molecule has 19 heavy (non-hydrogen) atoms. The van der Waals surface area contributed by atoms with Crippen LogP contribution in [0.2, 0.25) is 0 Å². The van der Waals surface area contributed by atoms with E-state index in [0.717, 1.165) is 11.1 Å². The van der Waals surface area contributed by atoms with Crippen molar-refractivity contribution in [3.63, 3.8) is 0 Å². The average Bonchev–Trinajstić information content (AvgIpc) is 2.53. The number of aryl methyl sites for hydroxylation is 1. The maximum Gasteiger partial charge on any atom is 0.419 e. The molecule has 1 heterocycles. The van der Waals surface area contributed by atoms with E-state index in [1.165, 1.54) is 4.57 Å². The van der Waals surface area contributed by atoms with Gasteiger partial charge in [-0.3, -0.25) is 4.57 Å². The van der Waals surface area contributed by atoms with E-state index in [0.29, 0.717) is 5.58 Å². The van der Waals surface area contributed by atoms with Crippen LogP contribution in [0.25, 0.3) is 11.1 Å². The van der Waals surface area contributed by atoms with Crippen LogP contribution in [0.1, 0.15) is 25.5 Å². The van der Waals surface area contributed by atoms with Gasteiger partial charge in [-0.1, -0.05) is 6.07 Å². The fourth-order valence-corrected chi connectivity index (χ4v) is 2.71. The van der Waals surface area contributed by atoms with Gasteiger partial charge < -0.3 is 15.1 Å². The number of oxazole rings is 1. The van der Waals surface area contributed by atoms with E-state index in [1.807, 2.05) is 46.1 Å². The van der Waals surface area contributed by atoms with E-state index in [4.69, 9.17) is 10.2 Å². The van der Waals surface area contributed by atoms with Crippen LogP contribution in [0.4, 0.5) is 0 Å². The van der Waals surface area contributed by atoms with E-state index in [2.05, 4.69) is 4.90 Å². The number of nitrogens with zero attached hydrogens (tertiary/aromatic N) is 2. The molecule has 0 fully saturated rings. The minimum atomic E-state index is -0.389. The second kappa shape index (κ2) is 4.51. The summed E-state index contributed by atoms with van der Waals surface area (Å²) in [5.41, 5.74) is 8.34. The first-order valence-corrected chi connectivity index (χ1v) is 6.26. The second-order valence-corrected chi connectivity index (χ2v) is 5.84. The van der Waals surface area contributed by atoms with Gasteiger partial charge in [-0.15, -0.1) is 0 Å². The molecule has 0 aliphatic heterocycles. The normalized spacial score (nSPS) is 14.3. The monoisotopic (exact) mass is 263 g/mol. The number of rotatable bonds is 3. The summed E-state index contributed by atoms with van der Waals surface area (Å²) >= 11 is 0. The van der Waals surface area contributed by atoms with Crippen molar-refractivity contribution < 1.29 is 4.42 Å². The molecular formula is C14H21N3O2. The SMILES string of the molecule is CN(C)C(c1ccc2oc(=O)n(C)c2c1)C(C)(C)N. The molecule has 0 spiro atoms. The van der Waals surface area contributed by atoms with Crippen molar-refractivity contribution in [3.05, 3.63) is 34.3 Å². The van der Waals surface area contributed by atoms with Crippen LogP contribution in [0.5, 0.6) is 0 Å². The Kier molecular flexibility index (Phi) is 3.28. The van der Waals surface area contributed by atoms with Gasteiger partial charge in [0, 0.05) is 12.6 Å². The number of hydrogen-bond acceptors (Lipinski definition) is 4. The second-order valence-electron chi connectivity index (χ2n) is 5.84. The van der Waals surface area contributed by atoms with Crippen LogP contribution in [-0.4, -0.2) is 29.1 Å². The molecule has 104 valence electrons. The van der Waals surface area contributed by atoms with Crippen molar-refractivity contribution in [2.45, 2.75) is 25.4 Å². The minimum absolute atomic E-state index is 0.0573. The lowest BCUT2D eigenvalue weighted by molar-refractivity contribution is 0.205. The fraction of sp³-hybridized carbons (Fsp3) is 0.500. The van der Waals surface area contributed by atoms with Crippen LogP contribution >= 0.6 is 0 Å². The van der Waals surface area contributed by atoms with Crippen molar-refractivity contribution in [2.75, 3.05) is 14.1 Å². The minimum Gasteiger partial charge on any atom is -0.408 e. The van der Waals surface area contributed by atoms with Gasteiger partial charge in [-0.25, -0.2) is 4.79 Å². The quantitative estimate of drug-likeness (QED) is 0.910. The summed E-state index contributed by atoms with van der Waals surface area (Å²) in [6.07, 6.45) is 0. The Bertz CT molecular complexity index is 647. The zero-order valence-electron chi connectivity index (χ0n) is 12.1. The lowest BCUT2D eigenvalue weighted by atomic mass is 9.88. The molecule has 1 aromatic heterocycles. The molecule has 2 aromatic rings. The molecule has 0 amide bonds. The molecule has 5 nitrogen and oxygen atoms in total. The third kappa shape index (κ3) is 2.43. The third-order valence-electron chi connectivity index (χ3n) is 3.35. The molecule has 1 unspecified atom stereocenters. The number of likely N-dealkylation sites (N-methyl/N-ethyl adjacent to an activating group) is 1. The first-order chi connectivity index (χ1) is 8.71. The van der Waals surface area contributed by atoms with Crippen molar-refractivity contribution >= 4 is 11.1 Å². The van der Waals surface area contributed by atoms with Crippen LogP contribution < -0.4 is 11.5 Å². The van der Waals surface area contributed by atoms with Crippen molar-refractivity contribution in [2.24, 2.45) is 12.8 Å². The average molecular weight is 263 g/mol. The topological polar surface area (TPSA) is 64.4 Å². The maximum absolute atomic E-state index is 11.5. The van der Waals surface area contributed by atoms with Gasteiger partial charge in [0.2, 0.25) is 0 Å². The van der Waals surface area contributed by atoms with Gasteiger partial charge in [0.05, 0.1) is 11.6 Å². The van der Waals surface area contributed by atoms with Gasteiger partial charge in [0.15, 0.2) is 5.58 Å². The summed E-state index contributed by atoms with van der Waals surface area (Å²) < 4.78 is 6.65. The van der Waals surface area contributed by atoms with E-state index < -0.39 is 0 Å². The Morgan fingerprint density at radius 3 is 2.53 bits per heavy atom. The molecule has 2 N–H and O–H groups in total. The first-order valence-electron chi connectivity index (χ1n) is 6.26. The summed E-state index contributed by atoms with van der Waals surface area (Å²) in [4.78, 5) is 13.6. The van der Waals surface area contributed by atoms with Crippen molar-refractivity contribution in [1.29, 1.82) is 0 Å². The van der Waals surface area contributed by atoms with Gasteiger partial charge in [0.25, 0.3) is 0 Å². The molecule has 0 aliphatic carbocycles. The summed E-state index contributed by atoms with van der Waals surface area (Å²) in [7, 11) is 5.70. The Hall–Kier alpha value is -1.59. The number of benzene rings is 1. The number of aromatic nitrogens is 1. The molecule has 0 saturated heterocycles. The van der Waals surface area contributed by atoms with Crippen LogP contribution in [0, 0.1) is 0 Å². The molecule has 1 atom stereocenters. The molecule has 5 heteroatoms. The zero-order chi connectivity index (χ0) is 14.4. The highest BCUT2D eigenvalue weighted by Crippen LogP contribution is 2.30. The highest BCUT2D eigenvalue weighted by atomic mass is 16.4. The zero-order valence-corrected chi connectivity index (χ0v) is 12.1. The van der Waals surface area contributed by atoms with E-state index in [-0.39, 0.29) is 17.3 Å². The maximum atomic E-state index is 11.5. The summed E-state index contributed by atoms with van der Waals surface area (Å²) in [5.74, 6) is -0.347. The number of nitrogens with two attached hydrogens (primary N) is 1. The van der Waals surface area contributed by atoms with E-state index in [9.17, 15) is 4.79 Å². The number of fused-ring (bicyclic) bond motifs is 1. The Morgan fingerprint density at radius 1 is 1.37 bits per heavy atom. The molecule has 2 rings (SSSR count). The van der Waals surface area contributed by atoms with Crippen LogP contribution in [0.3, 0.4) is 0 Å². The van der Waals surface area contributed by atoms with Gasteiger partial charge in [-0.2, -0.15) is 0 Å². The van der Waals surface area contributed by atoms with Gasteiger partial charge >= 0.3 is 5.76 Å². The standard InChI is InChI=1S/C14H21N3O2/c1-14(2,15)12(16(3)4)9-6-7-11-10(8-9)17(5)13(18)19-11/h6-8,12H,15H2,1-5H3. The van der Waals surface area contributed by atoms with Crippen molar-refractivity contribution in [1.82, 2.24) is 9.47 Å². The van der Waals surface area contributed by atoms with Crippen molar-refractivity contribution in [3.8, 4) is 0 Å². The van der Waals surface area contributed by atoms with E-state index in [1.54, 1.807) is 7.05 Å². The van der Waals surface area contributed by atoms with Crippen LogP contribution in [-0.2, 0) is 7.05 Å². The van der Waals surface area contributed by atoms with E-state index >= 15 is 0 Å². The summed E-state index contributed by atoms with van der Waals surface area (Å²) in [5, 5.41) is 0. The first kappa shape index (κ1) is 13.8. The Labute approximate surface area is 112 Å². The predicted molar refractivity (Wildman–Crippen MR) is 76.1 cm³/mol. The highest BCUT2D eigenvalue weighted by Gasteiger charge is 2.29. The predicted octanol–water partition coefficient (Wildman–Crippen LogP) is 1.47. The Balaban J connectivity index is 2.61. The third-order valence-corrected chi connectivity index (χ3v) is 3.35. The lowest BCUT2D eigenvalue weighted by Crippen LogP contribution is -2.45. The fourth-order valence-electron chi connectivity index (χ4n) is 2.71. The molecular weight excluding hydrogens is 242 g/mol. The molecule has 1 aromatic carbocycles. The molecule has 0 aliphatic rings. The molecule has 0 radical (unpaired) electrons. The van der Waals surface area contributed by atoms with Gasteiger partial charge in [-0.05, 0) is 45.6 Å². The van der Waals surface area contributed by atoms with Crippen LogP contribution in [0.15, 0.2) is 27.4 Å². The van der Waals surface area contributed by atoms with Gasteiger partial charge in [0.1, 0.15) is 0 Å².